The number of hydrogen-bond acceptors (Lipinski definition) is 3. The van der Waals surface area contributed by atoms with E-state index in [-0.39, 0.29) is 5.54 Å². The van der Waals surface area contributed by atoms with Gasteiger partial charge in [-0.2, -0.15) is 0 Å². The Morgan fingerprint density at radius 1 is 1.11 bits per heavy atom. The van der Waals surface area contributed by atoms with Crippen molar-refractivity contribution in [1.29, 1.82) is 0 Å². The van der Waals surface area contributed by atoms with Crippen LogP contribution >= 0.6 is 0 Å². The Hall–Kier alpha value is -0.800. The number of furan rings is 1. The minimum absolute atomic E-state index is 0.114. The van der Waals surface area contributed by atoms with Crippen LogP contribution in [-0.2, 0) is 17.9 Å². The lowest BCUT2D eigenvalue weighted by molar-refractivity contribution is 0.101. The van der Waals surface area contributed by atoms with Gasteiger partial charge in [0.1, 0.15) is 18.1 Å². The van der Waals surface area contributed by atoms with E-state index in [0.717, 1.165) is 31.1 Å². The molecule has 3 nitrogen and oxygen atoms in total. The molecule has 3 heteroatoms. The van der Waals surface area contributed by atoms with Crippen molar-refractivity contribution >= 4 is 0 Å². The molecule has 1 aromatic heterocycles. The smallest absolute Gasteiger partial charge is 0.129 e. The summed E-state index contributed by atoms with van der Waals surface area (Å²) < 4.78 is 11.3. The lowest BCUT2D eigenvalue weighted by atomic mass is 10.1. The lowest BCUT2D eigenvalue weighted by Gasteiger charge is -2.19. The molecule has 110 valence electrons. The second kappa shape index (κ2) is 8.39. The summed E-state index contributed by atoms with van der Waals surface area (Å²) in [5.74, 6) is 1.89. The molecule has 0 aliphatic carbocycles. The molecule has 0 amide bonds. The quantitative estimate of drug-likeness (QED) is 0.679. The van der Waals surface area contributed by atoms with Crippen LogP contribution in [0, 0.1) is 0 Å². The maximum Gasteiger partial charge on any atom is 0.129 e. The van der Waals surface area contributed by atoms with E-state index in [1.54, 1.807) is 0 Å². The molecular weight excluding hydrogens is 238 g/mol. The highest BCUT2D eigenvalue weighted by Crippen LogP contribution is 2.11. The van der Waals surface area contributed by atoms with Crippen LogP contribution in [0.15, 0.2) is 16.5 Å². The summed E-state index contributed by atoms with van der Waals surface area (Å²) in [5, 5.41) is 3.41. The van der Waals surface area contributed by atoms with Crippen molar-refractivity contribution < 1.29 is 9.15 Å². The second-order valence-corrected chi connectivity index (χ2v) is 6.08. The molecule has 0 saturated heterocycles. The van der Waals surface area contributed by atoms with E-state index in [9.17, 15) is 0 Å². The average Bonchev–Trinajstić information content (AvgIpc) is 2.78. The first kappa shape index (κ1) is 16.3. The standard InChI is InChI=1S/C16H29NO2/c1-5-6-7-8-11-18-13-15-10-9-14(19-15)12-17-16(2,3)4/h9-10,17H,5-8,11-13H2,1-4H3. The van der Waals surface area contributed by atoms with Gasteiger partial charge in [-0.15, -0.1) is 0 Å². The van der Waals surface area contributed by atoms with E-state index >= 15 is 0 Å². The van der Waals surface area contributed by atoms with Crippen molar-refractivity contribution in [2.45, 2.75) is 72.1 Å². The molecule has 19 heavy (non-hydrogen) atoms. The largest absolute Gasteiger partial charge is 0.462 e. The fourth-order valence-electron chi connectivity index (χ4n) is 1.75. The summed E-state index contributed by atoms with van der Waals surface area (Å²) in [6, 6.07) is 4.03. The van der Waals surface area contributed by atoms with Crippen LogP contribution in [-0.4, -0.2) is 12.1 Å². The lowest BCUT2D eigenvalue weighted by Crippen LogP contribution is -2.34. The Kier molecular flexibility index (Phi) is 7.17. The average molecular weight is 267 g/mol. The Morgan fingerprint density at radius 2 is 1.84 bits per heavy atom. The molecule has 0 spiro atoms. The van der Waals surface area contributed by atoms with Crippen molar-refractivity contribution in [3.63, 3.8) is 0 Å². The fraction of sp³-hybridized carbons (Fsp3) is 0.750. The molecule has 0 bridgehead atoms. The Bertz CT molecular complexity index is 339. The summed E-state index contributed by atoms with van der Waals surface area (Å²) in [6.45, 7) is 10.8. The summed E-state index contributed by atoms with van der Waals surface area (Å²) in [7, 11) is 0. The van der Waals surface area contributed by atoms with E-state index in [2.05, 4.69) is 33.0 Å². The van der Waals surface area contributed by atoms with Gasteiger partial charge in [-0.05, 0) is 39.3 Å². The fourth-order valence-corrected chi connectivity index (χ4v) is 1.75. The molecule has 0 atom stereocenters. The SMILES string of the molecule is CCCCCCOCc1ccc(CNC(C)(C)C)o1. The molecular formula is C16H29NO2. The Balaban J connectivity index is 2.16. The molecule has 1 heterocycles. The van der Waals surface area contributed by atoms with Gasteiger partial charge < -0.3 is 14.5 Å². The molecule has 0 unspecified atom stereocenters. The van der Waals surface area contributed by atoms with Crippen LogP contribution in [0.5, 0.6) is 0 Å². The van der Waals surface area contributed by atoms with Gasteiger partial charge in [0.05, 0.1) is 6.54 Å². The zero-order valence-corrected chi connectivity index (χ0v) is 12.9. The van der Waals surface area contributed by atoms with E-state index in [0.29, 0.717) is 6.61 Å². The van der Waals surface area contributed by atoms with Crippen LogP contribution in [0.4, 0.5) is 0 Å². The van der Waals surface area contributed by atoms with Gasteiger partial charge in [-0.25, -0.2) is 0 Å². The van der Waals surface area contributed by atoms with Gasteiger partial charge in [0, 0.05) is 12.1 Å². The van der Waals surface area contributed by atoms with Gasteiger partial charge in [-0.1, -0.05) is 26.2 Å². The molecule has 0 aliphatic rings. The highest BCUT2D eigenvalue weighted by Gasteiger charge is 2.10. The van der Waals surface area contributed by atoms with Crippen molar-refractivity contribution in [3.05, 3.63) is 23.7 Å². The molecule has 1 N–H and O–H groups in total. The van der Waals surface area contributed by atoms with Crippen LogP contribution in [0.3, 0.4) is 0 Å². The molecule has 1 aromatic rings. The second-order valence-electron chi connectivity index (χ2n) is 6.08. The molecule has 0 aromatic carbocycles. The zero-order chi connectivity index (χ0) is 14.1. The number of ether oxygens (including phenoxy) is 1. The van der Waals surface area contributed by atoms with Crippen LogP contribution in [0.25, 0.3) is 0 Å². The minimum Gasteiger partial charge on any atom is -0.462 e. The van der Waals surface area contributed by atoms with Gasteiger partial charge in [0.2, 0.25) is 0 Å². The molecule has 0 fully saturated rings. The highest BCUT2D eigenvalue weighted by molar-refractivity contribution is 5.06. The first-order valence-electron chi connectivity index (χ1n) is 7.41. The molecule has 0 aliphatic heterocycles. The van der Waals surface area contributed by atoms with E-state index in [4.69, 9.17) is 9.15 Å². The van der Waals surface area contributed by atoms with Crippen molar-refractivity contribution in [2.24, 2.45) is 0 Å². The van der Waals surface area contributed by atoms with E-state index in [1.807, 2.05) is 12.1 Å². The molecule has 0 saturated carbocycles. The Morgan fingerprint density at radius 3 is 2.53 bits per heavy atom. The molecule has 0 radical (unpaired) electrons. The maximum absolute atomic E-state index is 5.72. The maximum atomic E-state index is 5.72. The van der Waals surface area contributed by atoms with Gasteiger partial charge in [0.15, 0.2) is 0 Å². The van der Waals surface area contributed by atoms with Crippen molar-refractivity contribution in [2.75, 3.05) is 6.61 Å². The summed E-state index contributed by atoms with van der Waals surface area (Å²) in [6.07, 6.45) is 4.97. The molecule has 1 rings (SSSR count). The number of hydrogen-bond donors (Lipinski definition) is 1. The third-order valence-electron chi connectivity index (χ3n) is 2.90. The Labute approximate surface area is 117 Å². The van der Waals surface area contributed by atoms with E-state index in [1.165, 1.54) is 19.3 Å². The summed E-state index contributed by atoms with van der Waals surface area (Å²) >= 11 is 0. The van der Waals surface area contributed by atoms with Crippen LogP contribution in [0.1, 0.15) is 64.9 Å². The van der Waals surface area contributed by atoms with Crippen molar-refractivity contribution in [1.82, 2.24) is 5.32 Å². The highest BCUT2D eigenvalue weighted by atomic mass is 16.5. The number of unbranched alkanes of at least 4 members (excludes halogenated alkanes) is 3. The third-order valence-corrected chi connectivity index (χ3v) is 2.90. The normalized spacial score (nSPS) is 12.0. The van der Waals surface area contributed by atoms with Crippen LogP contribution in [0.2, 0.25) is 0 Å². The van der Waals surface area contributed by atoms with Gasteiger partial charge in [-0.3, -0.25) is 0 Å². The van der Waals surface area contributed by atoms with E-state index < -0.39 is 0 Å². The first-order chi connectivity index (χ1) is 9.01. The summed E-state index contributed by atoms with van der Waals surface area (Å²) in [4.78, 5) is 0. The topological polar surface area (TPSA) is 34.4 Å². The third kappa shape index (κ3) is 8.06. The number of nitrogens with one attached hydrogen (secondary N) is 1. The van der Waals surface area contributed by atoms with Crippen molar-refractivity contribution in [3.8, 4) is 0 Å². The predicted octanol–water partition coefficient (Wildman–Crippen LogP) is 4.26. The zero-order valence-electron chi connectivity index (χ0n) is 12.9. The summed E-state index contributed by atoms with van der Waals surface area (Å²) in [5.41, 5.74) is 0.114. The predicted molar refractivity (Wildman–Crippen MR) is 79.1 cm³/mol. The van der Waals surface area contributed by atoms with Crippen LogP contribution < -0.4 is 5.32 Å². The minimum atomic E-state index is 0.114. The monoisotopic (exact) mass is 267 g/mol. The first-order valence-corrected chi connectivity index (χ1v) is 7.41. The number of rotatable bonds is 9. The van der Waals surface area contributed by atoms with Gasteiger partial charge in [0.25, 0.3) is 0 Å². The van der Waals surface area contributed by atoms with Gasteiger partial charge >= 0.3 is 0 Å².